The highest BCUT2D eigenvalue weighted by molar-refractivity contribution is 6.30. The van der Waals surface area contributed by atoms with Crippen LogP contribution in [0, 0.1) is 5.82 Å². The zero-order valence-electron chi connectivity index (χ0n) is 14.8. The van der Waals surface area contributed by atoms with E-state index in [4.69, 9.17) is 16.3 Å². The van der Waals surface area contributed by atoms with E-state index < -0.39 is 17.2 Å². The van der Waals surface area contributed by atoms with E-state index in [2.05, 4.69) is 0 Å². The molecule has 5 nitrogen and oxygen atoms in total. The number of carboxylic acids is 1. The van der Waals surface area contributed by atoms with Gasteiger partial charge in [0.2, 0.25) is 5.43 Å². The maximum absolute atomic E-state index is 14.3. The molecule has 0 saturated carbocycles. The van der Waals surface area contributed by atoms with Gasteiger partial charge < -0.3 is 14.4 Å². The van der Waals surface area contributed by atoms with Gasteiger partial charge in [0.1, 0.15) is 17.1 Å². The molecule has 0 unspecified atom stereocenters. The molecule has 7 heteroatoms. The van der Waals surface area contributed by atoms with Crippen molar-refractivity contribution in [2.24, 2.45) is 0 Å². The van der Waals surface area contributed by atoms with Crippen LogP contribution in [-0.4, -0.2) is 22.8 Å². The van der Waals surface area contributed by atoms with Crippen molar-refractivity contribution in [1.82, 2.24) is 4.57 Å². The molecule has 0 saturated heterocycles. The van der Waals surface area contributed by atoms with Crippen molar-refractivity contribution in [2.45, 2.75) is 19.9 Å². The van der Waals surface area contributed by atoms with Crippen LogP contribution in [0.3, 0.4) is 0 Å². The Morgan fingerprint density at radius 3 is 2.67 bits per heavy atom. The van der Waals surface area contributed by atoms with Crippen LogP contribution in [0.1, 0.15) is 28.4 Å². The van der Waals surface area contributed by atoms with E-state index in [-0.39, 0.29) is 22.4 Å². The van der Waals surface area contributed by atoms with E-state index >= 15 is 0 Å². The number of benzene rings is 2. The Morgan fingerprint density at radius 2 is 2.04 bits per heavy atom. The number of hydrogen-bond donors (Lipinski definition) is 1. The number of aromatic nitrogens is 1. The highest BCUT2D eigenvalue weighted by Crippen LogP contribution is 2.29. The van der Waals surface area contributed by atoms with Crippen LogP contribution in [0.15, 0.2) is 41.3 Å². The largest absolute Gasteiger partial charge is 0.496 e. The number of nitrogens with zero attached hydrogens (tertiary/aromatic N) is 1. The van der Waals surface area contributed by atoms with E-state index in [1.165, 1.54) is 19.4 Å². The van der Waals surface area contributed by atoms with Crippen LogP contribution in [0.5, 0.6) is 5.75 Å². The smallest absolute Gasteiger partial charge is 0.341 e. The molecule has 0 radical (unpaired) electrons. The lowest BCUT2D eigenvalue weighted by molar-refractivity contribution is 0.0695. The third kappa shape index (κ3) is 3.40. The molecule has 0 fully saturated rings. The fraction of sp³-hybridized carbons (Fsp3) is 0.200. The van der Waals surface area contributed by atoms with Gasteiger partial charge in [0.05, 0.1) is 17.6 Å². The number of aromatic carboxylic acids is 1. The second kappa shape index (κ2) is 7.40. The maximum Gasteiger partial charge on any atom is 0.341 e. The predicted octanol–water partition coefficient (Wildman–Crippen LogP) is 4.11. The summed E-state index contributed by atoms with van der Waals surface area (Å²) in [5, 5.41) is 9.57. The van der Waals surface area contributed by atoms with Crippen molar-refractivity contribution in [3.8, 4) is 5.75 Å². The highest BCUT2D eigenvalue weighted by Gasteiger charge is 2.18. The summed E-state index contributed by atoms with van der Waals surface area (Å²) in [6, 6.07) is 7.93. The summed E-state index contributed by atoms with van der Waals surface area (Å²) < 4.78 is 21.4. The number of methoxy groups -OCH3 is 1. The summed E-state index contributed by atoms with van der Waals surface area (Å²) >= 11 is 5.84. The number of fused-ring (bicyclic) bond motifs is 1. The van der Waals surface area contributed by atoms with Gasteiger partial charge in [-0.1, -0.05) is 23.7 Å². The number of hydrogen-bond acceptors (Lipinski definition) is 3. The molecule has 140 valence electrons. The zero-order chi connectivity index (χ0) is 19.7. The number of carbonyl (C=O) groups is 1. The molecule has 1 aromatic heterocycles. The molecule has 27 heavy (non-hydrogen) atoms. The second-order valence-electron chi connectivity index (χ2n) is 6.03. The summed E-state index contributed by atoms with van der Waals surface area (Å²) in [5.74, 6) is -1.35. The maximum atomic E-state index is 14.3. The Hall–Kier alpha value is -2.86. The lowest BCUT2D eigenvalue weighted by atomic mass is 10.00. The highest BCUT2D eigenvalue weighted by atomic mass is 35.5. The molecular weight excluding hydrogens is 373 g/mol. The molecule has 0 atom stereocenters. The van der Waals surface area contributed by atoms with E-state index in [1.807, 2.05) is 6.92 Å². The van der Waals surface area contributed by atoms with Gasteiger partial charge in [0, 0.05) is 30.6 Å². The van der Waals surface area contributed by atoms with Gasteiger partial charge in [-0.3, -0.25) is 4.79 Å². The molecule has 0 aliphatic heterocycles. The number of carboxylic acid groups (broad SMARTS) is 1. The second-order valence-corrected chi connectivity index (χ2v) is 6.44. The minimum absolute atomic E-state index is 0.00811. The molecule has 3 aromatic rings. The number of ether oxygens (including phenoxy) is 1. The summed E-state index contributed by atoms with van der Waals surface area (Å²) in [6.45, 7) is 2.32. The normalized spacial score (nSPS) is 11.0. The third-order valence-electron chi connectivity index (χ3n) is 4.47. The quantitative estimate of drug-likeness (QED) is 0.713. The molecule has 0 bridgehead atoms. The first-order valence-electron chi connectivity index (χ1n) is 8.27. The standard InChI is InChI=1S/C20H17ClFNO4/c1-3-23-10-14(20(25)26)19(24)13-8-12(17(27-2)9-16(13)23)7-11-5-4-6-15(21)18(11)22/h4-6,8-10H,3,7H2,1-2H3,(H,25,26). The number of rotatable bonds is 5. The van der Waals surface area contributed by atoms with Crippen molar-refractivity contribution in [3.05, 3.63) is 74.3 Å². The molecule has 0 aliphatic rings. The van der Waals surface area contributed by atoms with Crippen molar-refractivity contribution in [1.29, 1.82) is 0 Å². The minimum Gasteiger partial charge on any atom is -0.496 e. The van der Waals surface area contributed by atoms with Crippen LogP contribution in [0.25, 0.3) is 10.9 Å². The summed E-state index contributed by atoms with van der Waals surface area (Å²) in [5.41, 5.74) is 0.575. The molecule has 1 heterocycles. The number of pyridine rings is 1. The first-order valence-corrected chi connectivity index (χ1v) is 8.65. The summed E-state index contributed by atoms with van der Waals surface area (Å²) in [7, 11) is 1.49. The molecule has 1 N–H and O–H groups in total. The van der Waals surface area contributed by atoms with Gasteiger partial charge in [-0.15, -0.1) is 0 Å². The molecule has 0 spiro atoms. The summed E-state index contributed by atoms with van der Waals surface area (Å²) in [4.78, 5) is 24.0. The average molecular weight is 390 g/mol. The zero-order valence-corrected chi connectivity index (χ0v) is 15.5. The Labute approximate surface area is 159 Å². The Morgan fingerprint density at radius 1 is 1.30 bits per heavy atom. The molecular formula is C20H17ClFNO4. The first kappa shape index (κ1) is 18.9. The van der Waals surface area contributed by atoms with Gasteiger partial charge in [-0.2, -0.15) is 0 Å². The Balaban J connectivity index is 2.27. The van der Waals surface area contributed by atoms with Gasteiger partial charge >= 0.3 is 5.97 Å². The molecule has 2 aromatic carbocycles. The van der Waals surface area contributed by atoms with Crippen LogP contribution >= 0.6 is 11.6 Å². The van der Waals surface area contributed by atoms with Crippen LogP contribution in [0.2, 0.25) is 5.02 Å². The van der Waals surface area contributed by atoms with Crippen LogP contribution in [-0.2, 0) is 13.0 Å². The third-order valence-corrected chi connectivity index (χ3v) is 4.76. The van der Waals surface area contributed by atoms with E-state index in [0.29, 0.717) is 28.9 Å². The van der Waals surface area contributed by atoms with Gasteiger partial charge in [-0.05, 0) is 30.2 Å². The first-order chi connectivity index (χ1) is 12.9. The van der Waals surface area contributed by atoms with Crippen LogP contribution in [0.4, 0.5) is 4.39 Å². The van der Waals surface area contributed by atoms with Gasteiger partial charge in [0.25, 0.3) is 0 Å². The van der Waals surface area contributed by atoms with Gasteiger partial charge in [0.15, 0.2) is 0 Å². The van der Waals surface area contributed by atoms with Crippen molar-refractivity contribution >= 4 is 28.5 Å². The lowest BCUT2D eigenvalue weighted by Crippen LogP contribution is -2.19. The monoisotopic (exact) mass is 389 g/mol. The van der Waals surface area contributed by atoms with E-state index in [9.17, 15) is 19.1 Å². The van der Waals surface area contributed by atoms with Crippen molar-refractivity contribution in [2.75, 3.05) is 7.11 Å². The lowest BCUT2D eigenvalue weighted by Gasteiger charge is -2.15. The Bertz CT molecular complexity index is 1110. The predicted molar refractivity (Wildman–Crippen MR) is 102 cm³/mol. The minimum atomic E-state index is -1.29. The SMILES string of the molecule is CCn1cc(C(=O)O)c(=O)c2cc(Cc3cccc(Cl)c3F)c(OC)cc21. The topological polar surface area (TPSA) is 68.5 Å². The molecule has 0 aliphatic carbocycles. The molecule has 3 rings (SSSR count). The number of aryl methyl sites for hydroxylation is 1. The van der Waals surface area contributed by atoms with E-state index in [0.717, 1.165) is 0 Å². The Kier molecular flexibility index (Phi) is 5.19. The average Bonchev–Trinajstić information content (AvgIpc) is 2.65. The van der Waals surface area contributed by atoms with Crippen molar-refractivity contribution in [3.63, 3.8) is 0 Å². The fourth-order valence-corrected chi connectivity index (χ4v) is 3.29. The fourth-order valence-electron chi connectivity index (χ4n) is 3.09. The van der Waals surface area contributed by atoms with Gasteiger partial charge in [-0.25, -0.2) is 9.18 Å². The summed E-state index contributed by atoms with van der Waals surface area (Å²) in [6.07, 6.45) is 1.47. The number of halogens is 2. The van der Waals surface area contributed by atoms with Crippen LogP contribution < -0.4 is 10.2 Å². The van der Waals surface area contributed by atoms with Crippen molar-refractivity contribution < 1.29 is 19.0 Å². The molecule has 0 amide bonds. The van der Waals surface area contributed by atoms with E-state index in [1.54, 1.807) is 28.8 Å².